The summed E-state index contributed by atoms with van der Waals surface area (Å²) in [4.78, 5) is 36.0. The number of rotatable bonds is 13. The van der Waals surface area contributed by atoms with Crippen LogP contribution < -0.4 is 16.0 Å². The number of amidine groups is 1. The number of fused-ring (bicyclic) bond motifs is 1. The van der Waals surface area contributed by atoms with E-state index in [-0.39, 0.29) is 37.3 Å². The van der Waals surface area contributed by atoms with E-state index in [9.17, 15) is 26.4 Å². The van der Waals surface area contributed by atoms with Crippen LogP contribution in [0.15, 0.2) is 66.9 Å². The van der Waals surface area contributed by atoms with E-state index < -0.39 is 31.7 Å². The number of carbonyl (C=O) groups excluding carboxylic acids is 2. The first-order valence-electron chi connectivity index (χ1n) is 14.0. The van der Waals surface area contributed by atoms with Crippen molar-refractivity contribution >= 4 is 60.5 Å². The van der Waals surface area contributed by atoms with Crippen molar-refractivity contribution in [1.29, 1.82) is 5.41 Å². The summed E-state index contributed by atoms with van der Waals surface area (Å²) in [7, 11) is -6.67. The van der Waals surface area contributed by atoms with Crippen LogP contribution in [0.2, 0.25) is 0 Å². The first-order valence-corrected chi connectivity index (χ1v) is 17.2. The maximum atomic E-state index is 13.5. The average molecular weight is 690 g/mol. The summed E-state index contributed by atoms with van der Waals surface area (Å²) in [6.07, 6.45) is 1.67. The fourth-order valence-corrected chi connectivity index (χ4v) is 5.81. The van der Waals surface area contributed by atoms with Crippen molar-refractivity contribution in [1.82, 2.24) is 14.5 Å². The number of nitrogens with zero attached hydrogens (tertiary/aromatic N) is 4. The molecule has 1 amide bonds. The molecule has 0 radical (unpaired) electrons. The van der Waals surface area contributed by atoms with E-state index >= 15 is 0 Å². The molecule has 6 N–H and O–H groups in total. The molecule has 16 nitrogen and oxygen atoms in total. The Kier molecular flexibility index (Phi) is 12.5. The van der Waals surface area contributed by atoms with E-state index in [1.807, 2.05) is 29.8 Å². The number of esters is 1. The number of aromatic nitrogens is 3. The number of hydrogen-bond acceptors (Lipinski definition) is 11. The zero-order valence-electron chi connectivity index (χ0n) is 25.5. The van der Waals surface area contributed by atoms with Crippen LogP contribution in [0.4, 0.5) is 11.5 Å². The van der Waals surface area contributed by atoms with Gasteiger partial charge in [0.05, 0.1) is 42.1 Å². The second kappa shape index (κ2) is 16.1. The van der Waals surface area contributed by atoms with Gasteiger partial charge in [-0.2, -0.15) is 16.8 Å². The highest BCUT2D eigenvalue weighted by molar-refractivity contribution is 7.89. The Morgan fingerprint density at radius 1 is 1.00 bits per heavy atom. The molecule has 0 unspecified atom stereocenters. The summed E-state index contributed by atoms with van der Waals surface area (Å²) >= 11 is 0. The second-order valence-electron chi connectivity index (χ2n) is 9.91. The molecule has 0 saturated carbocycles. The number of benzene rings is 2. The van der Waals surface area contributed by atoms with E-state index in [0.29, 0.717) is 29.0 Å². The van der Waals surface area contributed by atoms with Gasteiger partial charge in [0.1, 0.15) is 17.5 Å². The lowest BCUT2D eigenvalue weighted by Gasteiger charge is -2.21. The topological polar surface area (TPSA) is 248 Å². The maximum Gasteiger partial charge on any atom is 0.307 e. The summed E-state index contributed by atoms with van der Waals surface area (Å²) in [5.41, 5.74) is 9.07. The second-order valence-corrected chi connectivity index (χ2v) is 13.1. The molecule has 2 aromatic carbocycles. The molecule has 2 heterocycles. The highest BCUT2D eigenvalue weighted by atomic mass is 32.2. The standard InChI is InChI=1S/C27H29N7O3.C2H6O6S2/c1-3-37-25(35)13-15-34(23-6-4-5-14-30-23)27(36)19-9-12-22-21(16-19)32-24(33(22)2)17-31-20-10-7-18(8-11-20)26(28)29;3-9(4,5)1-2-10(6,7)8/h4-12,14,16,31H,3,13,15,17H2,1-2H3,(H3,28,29);1-2H2,(H,3,4,5)(H,6,7,8). The Bertz CT molecular complexity index is 1900. The molecule has 0 atom stereocenters. The van der Waals surface area contributed by atoms with Crippen molar-refractivity contribution in [3.05, 3.63) is 83.8 Å². The number of nitrogens with one attached hydrogen (secondary N) is 2. The summed E-state index contributed by atoms with van der Waals surface area (Å²) in [6, 6.07) is 18.0. The Morgan fingerprint density at radius 2 is 1.64 bits per heavy atom. The molecule has 2 aromatic heterocycles. The molecule has 0 aliphatic heterocycles. The molecule has 18 heteroatoms. The third-order valence-corrected chi connectivity index (χ3v) is 8.18. The third-order valence-electron chi connectivity index (χ3n) is 6.48. The fraction of sp³-hybridized carbons (Fsp3) is 0.276. The van der Waals surface area contributed by atoms with E-state index in [4.69, 9.17) is 30.0 Å². The van der Waals surface area contributed by atoms with Crippen LogP contribution in [0.25, 0.3) is 11.0 Å². The molecule has 4 aromatic rings. The first-order chi connectivity index (χ1) is 22.1. The van der Waals surface area contributed by atoms with Gasteiger partial charge in [0.2, 0.25) is 0 Å². The number of nitrogen functional groups attached to an aromatic ring is 1. The Balaban J connectivity index is 0.000000520. The zero-order chi connectivity index (χ0) is 34.8. The molecule has 0 aliphatic rings. The predicted molar refractivity (Wildman–Crippen MR) is 175 cm³/mol. The molecular formula is C29H35N7O9S2. The minimum absolute atomic E-state index is 0.0229. The Hall–Kier alpha value is -4.91. The van der Waals surface area contributed by atoms with Crippen molar-refractivity contribution in [2.75, 3.05) is 34.9 Å². The minimum Gasteiger partial charge on any atom is -0.466 e. The molecule has 0 saturated heterocycles. The number of aryl methyl sites for hydroxylation is 1. The molecule has 0 fully saturated rings. The fourth-order valence-electron chi connectivity index (χ4n) is 4.13. The van der Waals surface area contributed by atoms with Crippen molar-refractivity contribution in [2.24, 2.45) is 12.8 Å². The Labute approximate surface area is 271 Å². The van der Waals surface area contributed by atoms with Crippen molar-refractivity contribution < 1.29 is 40.3 Å². The van der Waals surface area contributed by atoms with E-state index in [1.54, 1.807) is 55.6 Å². The molecule has 47 heavy (non-hydrogen) atoms. The molecule has 4 rings (SSSR count). The van der Waals surface area contributed by atoms with E-state index in [0.717, 1.165) is 17.0 Å². The van der Waals surface area contributed by atoms with Crippen LogP contribution in [-0.2, 0) is 43.4 Å². The lowest BCUT2D eigenvalue weighted by atomic mass is 10.1. The quantitative estimate of drug-likeness (QED) is 0.0585. The van der Waals surface area contributed by atoms with Crippen LogP contribution in [-0.4, -0.2) is 82.8 Å². The summed E-state index contributed by atoms with van der Waals surface area (Å²) in [5, 5.41) is 10.8. The third kappa shape index (κ3) is 11.4. The van der Waals surface area contributed by atoms with Crippen LogP contribution in [0, 0.1) is 5.41 Å². The van der Waals surface area contributed by atoms with E-state index in [1.165, 1.54) is 4.90 Å². The largest absolute Gasteiger partial charge is 0.466 e. The Morgan fingerprint density at radius 3 is 2.19 bits per heavy atom. The van der Waals surface area contributed by atoms with Gasteiger partial charge < -0.3 is 20.4 Å². The highest BCUT2D eigenvalue weighted by Crippen LogP contribution is 2.21. The number of nitrogens with two attached hydrogens (primary N) is 1. The van der Waals surface area contributed by atoms with Crippen LogP contribution in [0.1, 0.15) is 35.1 Å². The highest BCUT2D eigenvalue weighted by Gasteiger charge is 2.21. The van der Waals surface area contributed by atoms with Gasteiger partial charge >= 0.3 is 5.97 Å². The van der Waals surface area contributed by atoms with Gasteiger partial charge in [0, 0.05) is 36.6 Å². The zero-order valence-corrected chi connectivity index (χ0v) is 27.2. The number of imidazole rings is 1. The van der Waals surface area contributed by atoms with Crippen molar-refractivity contribution in [3.63, 3.8) is 0 Å². The van der Waals surface area contributed by atoms with Gasteiger partial charge in [0.15, 0.2) is 0 Å². The molecule has 0 spiro atoms. The molecule has 0 bridgehead atoms. The summed E-state index contributed by atoms with van der Waals surface area (Å²) in [6.45, 7) is 2.64. The number of pyridine rings is 1. The number of anilines is 2. The summed E-state index contributed by atoms with van der Waals surface area (Å²) in [5.74, 6) is -1.34. The SMILES string of the molecule is CCOC(=O)CCN(C(=O)c1ccc2c(c1)nc(CNc1ccc(C(=N)N)cc1)n2C)c1ccccn1.O=S(=O)(O)CCS(=O)(=O)O. The van der Waals surface area contributed by atoms with Gasteiger partial charge in [-0.05, 0) is 61.5 Å². The molecular weight excluding hydrogens is 654 g/mol. The minimum atomic E-state index is -4.30. The number of amides is 1. The van der Waals surface area contributed by atoms with Crippen LogP contribution in [0.3, 0.4) is 0 Å². The molecule has 252 valence electrons. The van der Waals surface area contributed by atoms with Gasteiger partial charge in [0.25, 0.3) is 26.1 Å². The monoisotopic (exact) mass is 689 g/mol. The number of carbonyl (C=O) groups is 2. The number of ether oxygens (including phenoxy) is 1. The lowest BCUT2D eigenvalue weighted by Crippen LogP contribution is -2.34. The van der Waals surface area contributed by atoms with Crippen molar-refractivity contribution in [3.8, 4) is 0 Å². The van der Waals surface area contributed by atoms with Crippen molar-refractivity contribution in [2.45, 2.75) is 19.9 Å². The van der Waals surface area contributed by atoms with Gasteiger partial charge in [-0.1, -0.05) is 6.07 Å². The normalized spacial score (nSPS) is 11.3. The van der Waals surface area contributed by atoms with E-state index in [2.05, 4.69) is 10.3 Å². The summed E-state index contributed by atoms with van der Waals surface area (Å²) < 4.78 is 62.4. The van der Waals surface area contributed by atoms with Gasteiger partial charge in [-0.3, -0.25) is 29.0 Å². The maximum absolute atomic E-state index is 13.5. The van der Waals surface area contributed by atoms with Crippen LogP contribution >= 0.6 is 0 Å². The van der Waals surface area contributed by atoms with Gasteiger partial charge in [-0.25, -0.2) is 9.97 Å². The first kappa shape index (κ1) is 36.6. The van der Waals surface area contributed by atoms with Gasteiger partial charge in [-0.15, -0.1) is 0 Å². The average Bonchev–Trinajstić information content (AvgIpc) is 3.34. The lowest BCUT2D eigenvalue weighted by molar-refractivity contribution is -0.142. The smallest absolute Gasteiger partial charge is 0.307 e. The molecule has 0 aliphatic carbocycles. The van der Waals surface area contributed by atoms with Crippen LogP contribution in [0.5, 0.6) is 0 Å². The number of hydrogen-bond donors (Lipinski definition) is 5. The predicted octanol–water partition coefficient (Wildman–Crippen LogP) is 2.23.